The molecule has 20 heavy (non-hydrogen) atoms. The van der Waals surface area contributed by atoms with Crippen molar-refractivity contribution in [1.29, 1.82) is 0 Å². The first-order valence-corrected chi connectivity index (χ1v) is 7.53. The first-order chi connectivity index (χ1) is 9.58. The molecule has 0 radical (unpaired) electrons. The number of amides is 2. The van der Waals surface area contributed by atoms with Crippen molar-refractivity contribution in [1.82, 2.24) is 15.5 Å². The van der Waals surface area contributed by atoms with Crippen LogP contribution in [-0.2, 0) is 9.53 Å². The van der Waals surface area contributed by atoms with Crippen molar-refractivity contribution in [3.8, 4) is 0 Å². The van der Waals surface area contributed by atoms with Crippen LogP contribution in [0, 0.1) is 0 Å². The van der Waals surface area contributed by atoms with Gasteiger partial charge in [0.1, 0.15) is 0 Å². The number of hydrogen-bond acceptors (Lipinski definition) is 4. The topological polar surface area (TPSA) is 70.7 Å². The van der Waals surface area contributed by atoms with Crippen molar-refractivity contribution in [2.75, 3.05) is 26.2 Å². The fourth-order valence-corrected chi connectivity index (χ4v) is 2.27. The number of ether oxygens (including phenoxy) is 1. The molecule has 0 spiro atoms. The van der Waals surface area contributed by atoms with Crippen LogP contribution in [-0.4, -0.2) is 55.2 Å². The molecule has 0 aromatic rings. The van der Waals surface area contributed by atoms with E-state index >= 15 is 0 Å². The Morgan fingerprint density at radius 2 is 1.95 bits per heavy atom. The lowest BCUT2D eigenvalue weighted by Crippen LogP contribution is -2.51. The third-order valence-corrected chi connectivity index (χ3v) is 3.45. The van der Waals surface area contributed by atoms with Crippen molar-refractivity contribution in [3.63, 3.8) is 0 Å². The molecule has 0 aromatic carbocycles. The van der Waals surface area contributed by atoms with Crippen LogP contribution in [0.2, 0.25) is 0 Å². The zero-order chi connectivity index (χ0) is 15.0. The predicted molar refractivity (Wildman–Crippen MR) is 77.5 cm³/mol. The zero-order valence-electron chi connectivity index (χ0n) is 12.8. The van der Waals surface area contributed by atoms with Gasteiger partial charge < -0.3 is 20.3 Å². The van der Waals surface area contributed by atoms with Gasteiger partial charge >= 0.3 is 6.09 Å². The minimum Gasteiger partial charge on any atom is -0.450 e. The molecular weight excluding hydrogens is 258 g/mol. The average molecular weight is 285 g/mol. The zero-order valence-corrected chi connectivity index (χ0v) is 12.8. The highest BCUT2D eigenvalue weighted by Crippen LogP contribution is 2.12. The van der Waals surface area contributed by atoms with Crippen LogP contribution in [0.25, 0.3) is 0 Å². The normalized spacial score (nSPS) is 17.6. The largest absolute Gasteiger partial charge is 0.450 e. The Labute approximate surface area is 121 Å². The lowest BCUT2D eigenvalue weighted by Gasteiger charge is -2.33. The van der Waals surface area contributed by atoms with Gasteiger partial charge in [0.05, 0.1) is 12.6 Å². The van der Waals surface area contributed by atoms with Gasteiger partial charge in [-0.05, 0) is 33.1 Å². The van der Waals surface area contributed by atoms with Crippen LogP contribution in [0.3, 0.4) is 0 Å². The molecule has 6 heteroatoms. The Bertz CT molecular complexity index is 315. The monoisotopic (exact) mass is 285 g/mol. The van der Waals surface area contributed by atoms with Crippen LogP contribution in [0.15, 0.2) is 0 Å². The maximum atomic E-state index is 11.8. The molecule has 1 heterocycles. The lowest BCUT2D eigenvalue weighted by atomic mass is 10.0. The standard InChI is InChI=1S/C14H27N3O3/c1-4-8-15-13(18)11(3)16-12-6-9-17(10-7-12)14(19)20-5-2/h11-12,16H,4-10H2,1-3H3,(H,15,18). The molecule has 1 unspecified atom stereocenters. The van der Waals surface area contributed by atoms with E-state index in [2.05, 4.69) is 10.6 Å². The molecule has 2 amide bonds. The van der Waals surface area contributed by atoms with Gasteiger partial charge in [-0.15, -0.1) is 0 Å². The third kappa shape index (κ3) is 5.36. The molecule has 1 aliphatic heterocycles. The Hall–Kier alpha value is -1.30. The molecule has 0 saturated carbocycles. The first kappa shape index (κ1) is 16.8. The van der Waals surface area contributed by atoms with Crippen LogP contribution in [0.5, 0.6) is 0 Å². The summed E-state index contributed by atoms with van der Waals surface area (Å²) in [5.74, 6) is 0.0414. The molecule has 1 aliphatic rings. The summed E-state index contributed by atoms with van der Waals surface area (Å²) in [5, 5.41) is 6.21. The van der Waals surface area contributed by atoms with Gasteiger partial charge in [-0.2, -0.15) is 0 Å². The molecule has 0 bridgehead atoms. The van der Waals surface area contributed by atoms with E-state index in [4.69, 9.17) is 4.74 Å². The number of carbonyl (C=O) groups excluding carboxylic acids is 2. The second-order valence-corrected chi connectivity index (χ2v) is 5.14. The highest BCUT2D eigenvalue weighted by molar-refractivity contribution is 5.81. The molecule has 6 nitrogen and oxygen atoms in total. The SMILES string of the molecule is CCCNC(=O)C(C)NC1CCN(C(=O)OCC)CC1. The minimum atomic E-state index is -0.236. The van der Waals surface area contributed by atoms with Gasteiger partial charge in [0.2, 0.25) is 5.91 Å². The summed E-state index contributed by atoms with van der Waals surface area (Å²) in [4.78, 5) is 25.1. The second-order valence-electron chi connectivity index (χ2n) is 5.14. The van der Waals surface area contributed by atoms with Crippen LogP contribution < -0.4 is 10.6 Å². The summed E-state index contributed by atoms with van der Waals surface area (Å²) in [5.41, 5.74) is 0. The summed E-state index contributed by atoms with van der Waals surface area (Å²) < 4.78 is 4.98. The Kier molecular flexibility index (Phi) is 7.36. The summed E-state index contributed by atoms with van der Waals surface area (Å²) in [6.07, 6.45) is 2.41. The molecule has 1 fully saturated rings. The van der Waals surface area contributed by atoms with E-state index in [-0.39, 0.29) is 24.1 Å². The highest BCUT2D eigenvalue weighted by Gasteiger charge is 2.25. The number of nitrogens with one attached hydrogen (secondary N) is 2. The molecule has 2 N–H and O–H groups in total. The second kappa shape index (κ2) is 8.79. The maximum Gasteiger partial charge on any atom is 0.409 e. The van der Waals surface area contributed by atoms with Crippen molar-refractivity contribution in [2.45, 2.75) is 52.1 Å². The number of nitrogens with zero attached hydrogens (tertiary/aromatic N) is 1. The third-order valence-electron chi connectivity index (χ3n) is 3.45. The molecule has 116 valence electrons. The summed E-state index contributed by atoms with van der Waals surface area (Å²) in [7, 11) is 0. The van der Waals surface area contributed by atoms with Crippen molar-refractivity contribution in [2.24, 2.45) is 0 Å². The smallest absolute Gasteiger partial charge is 0.409 e. The van der Waals surface area contributed by atoms with Crippen LogP contribution in [0.4, 0.5) is 4.79 Å². The number of rotatable bonds is 6. The van der Waals surface area contributed by atoms with E-state index in [9.17, 15) is 9.59 Å². The molecule has 1 saturated heterocycles. The van der Waals surface area contributed by atoms with Crippen molar-refractivity contribution >= 4 is 12.0 Å². The molecular formula is C14H27N3O3. The quantitative estimate of drug-likeness (QED) is 0.767. The van der Waals surface area contributed by atoms with E-state index in [1.54, 1.807) is 4.90 Å². The van der Waals surface area contributed by atoms with E-state index in [1.807, 2.05) is 20.8 Å². The summed E-state index contributed by atoms with van der Waals surface area (Å²) in [6, 6.07) is 0.0868. The summed E-state index contributed by atoms with van der Waals surface area (Å²) in [6.45, 7) is 8.20. The first-order valence-electron chi connectivity index (χ1n) is 7.53. The molecule has 1 atom stereocenters. The molecule has 0 aromatic heterocycles. The van der Waals surface area contributed by atoms with Gasteiger partial charge in [-0.3, -0.25) is 4.79 Å². The Morgan fingerprint density at radius 1 is 1.30 bits per heavy atom. The minimum absolute atomic E-state index is 0.0414. The molecule has 0 aliphatic carbocycles. The van der Waals surface area contributed by atoms with Gasteiger partial charge in [0, 0.05) is 25.7 Å². The van der Waals surface area contributed by atoms with E-state index in [0.717, 1.165) is 19.3 Å². The Balaban J connectivity index is 2.28. The van der Waals surface area contributed by atoms with Crippen LogP contribution >= 0.6 is 0 Å². The summed E-state index contributed by atoms with van der Waals surface area (Å²) >= 11 is 0. The molecule has 1 rings (SSSR count). The van der Waals surface area contributed by atoms with Crippen molar-refractivity contribution < 1.29 is 14.3 Å². The highest BCUT2D eigenvalue weighted by atomic mass is 16.6. The van der Waals surface area contributed by atoms with E-state index in [0.29, 0.717) is 26.2 Å². The Morgan fingerprint density at radius 3 is 2.50 bits per heavy atom. The van der Waals surface area contributed by atoms with E-state index in [1.165, 1.54) is 0 Å². The lowest BCUT2D eigenvalue weighted by molar-refractivity contribution is -0.123. The predicted octanol–water partition coefficient (Wildman–Crippen LogP) is 1.11. The van der Waals surface area contributed by atoms with Gasteiger partial charge in [0.25, 0.3) is 0 Å². The fourth-order valence-electron chi connectivity index (χ4n) is 2.27. The van der Waals surface area contributed by atoms with Crippen molar-refractivity contribution in [3.05, 3.63) is 0 Å². The average Bonchev–Trinajstić information content (AvgIpc) is 2.45. The van der Waals surface area contributed by atoms with E-state index < -0.39 is 0 Å². The number of hydrogen-bond donors (Lipinski definition) is 2. The number of likely N-dealkylation sites (tertiary alicyclic amines) is 1. The van der Waals surface area contributed by atoms with Gasteiger partial charge in [-0.25, -0.2) is 4.79 Å². The number of piperidine rings is 1. The van der Waals surface area contributed by atoms with Gasteiger partial charge in [-0.1, -0.05) is 6.92 Å². The van der Waals surface area contributed by atoms with Gasteiger partial charge in [0.15, 0.2) is 0 Å². The van der Waals surface area contributed by atoms with Crippen LogP contribution in [0.1, 0.15) is 40.0 Å². The fraction of sp³-hybridized carbons (Fsp3) is 0.857. The maximum absolute atomic E-state index is 11.8. The number of carbonyl (C=O) groups is 2.